The first-order valence-corrected chi connectivity index (χ1v) is 11.7. The second kappa shape index (κ2) is 8.84. The average molecular weight is 448 g/mol. The molecular weight excluding hydrogens is 422 g/mol. The molecule has 3 aromatic heterocycles. The molecule has 4 heterocycles. The minimum absolute atomic E-state index is 0.114. The predicted molar refractivity (Wildman–Crippen MR) is 125 cm³/mol. The summed E-state index contributed by atoms with van der Waals surface area (Å²) in [6, 6.07) is 12.4. The summed E-state index contributed by atoms with van der Waals surface area (Å²) < 4.78 is 10.8. The summed E-state index contributed by atoms with van der Waals surface area (Å²) in [6.07, 6.45) is 3.23. The number of aryl methyl sites for hydroxylation is 1. The molecule has 32 heavy (non-hydrogen) atoms. The summed E-state index contributed by atoms with van der Waals surface area (Å²) in [5.41, 5.74) is 4.60. The number of thiophene rings is 1. The number of pyridine rings is 1. The highest BCUT2D eigenvalue weighted by molar-refractivity contribution is 7.16. The number of nitrogens with one attached hydrogen (secondary N) is 1. The Morgan fingerprint density at radius 1 is 1.22 bits per heavy atom. The van der Waals surface area contributed by atoms with Gasteiger partial charge in [0.15, 0.2) is 5.89 Å². The van der Waals surface area contributed by atoms with Gasteiger partial charge in [0.05, 0.1) is 6.61 Å². The van der Waals surface area contributed by atoms with E-state index in [1.54, 1.807) is 17.6 Å². The van der Waals surface area contributed by atoms with Crippen LogP contribution >= 0.6 is 11.3 Å². The van der Waals surface area contributed by atoms with E-state index in [0.717, 1.165) is 45.4 Å². The van der Waals surface area contributed by atoms with Gasteiger partial charge in [-0.3, -0.25) is 4.79 Å². The minimum Gasteiger partial charge on any atom is -0.449 e. The van der Waals surface area contributed by atoms with Crippen molar-refractivity contribution >= 4 is 27.5 Å². The van der Waals surface area contributed by atoms with Crippen LogP contribution in [-0.2, 0) is 11.2 Å². The zero-order valence-electron chi connectivity index (χ0n) is 18.1. The Bertz CT molecular complexity index is 1250. The van der Waals surface area contributed by atoms with E-state index in [1.165, 1.54) is 0 Å². The van der Waals surface area contributed by atoms with Gasteiger partial charge in [-0.2, -0.15) is 0 Å². The second-order valence-electron chi connectivity index (χ2n) is 8.35. The van der Waals surface area contributed by atoms with Crippen molar-refractivity contribution in [3.05, 3.63) is 70.8 Å². The number of oxazole rings is 1. The van der Waals surface area contributed by atoms with Crippen LogP contribution in [-0.4, -0.2) is 35.1 Å². The SMILES string of the molecule is Cc1nc(-c2ccc(Cc3cc(C(=O)NC4CCOCC4C)nc4sccc34)cc2)co1. The van der Waals surface area contributed by atoms with Gasteiger partial charge in [0.25, 0.3) is 5.91 Å². The summed E-state index contributed by atoms with van der Waals surface area (Å²) >= 11 is 1.56. The molecule has 0 radical (unpaired) electrons. The van der Waals surface area contributed by atoms with Crippen LogP contribution in [0.3, 0.4) is 0 Å². The fraction of sp³-hybridized carbons (Fsp3) is 0.320. The fourth-order valence-corrected chi connectivity index (χ4v) is 4.94. The Hall–Kier alpha value is -3.03. The van der Waals surface area contributed by atoms with Gasteiger partial charge >= 0.3 is 0 Å². The molecule has 6 nitrogen and oxygen atoms in total. The summed E-state index contributed by atoms with van der Waals surface area (Å²) in [6.45, 7) is 5.30. The van der Waals surface area contributed by atoms with Crippen molar-refractivity contribution in [2.24, 2.45) is 5.92 Å². The molecule has 164 valence electrons. The molecule has 0 saturated carbocycles. The lowest BCUT2D eigenvalue weighted by Gasteiger charge is -2.29. The molecule has 4 aromatic rings. The Morgan fingerprint density at radius 2 is 2.06 bits per heavy atom. The van der Waals surface area contributed by atoms with Gasteiger partial charge in [0.2, 0.25) is 0 Å². The van der Waals surface area contributed by atoms with Crippen molar-refractivity contribution in [3.8, 4) is 11.3 Å². The quantitative estimate of drug-likeness (QED) is 0.466. The molecule has 1 fully saturated rings. The van der Waals surface area contributed by atoms with Crippen molar-refractivity contribution in [3.63, 3.8) is 0 Å². The molecule has 7 heteroatoms. The van der Waals surface area contributed by atoms with Crippen LogP contribution in [0.25, 0.3) is 21.5 Å². The monoisotopic (exact) mass is 447 g/mol. The summed E-state index contributed by atoms with van der Waals surface area (Å²) in [4.78, 5) is 22.9. The summed E-state index contributed by atoms with van der Waals surface area (Å²) in [5, 5.41) is 6.29. The number of fused-ring (bicyclic) bond motifs is 1. The third-order valence-corrected chi connectivity index (χ3v) is 6.78. The van der Waals surface area contributed by atoms with Crippen molar-refractivity contribution in [2.45, 2.75) is 32.7 Å². The number of amides is 1. The molecule has 2 unspecified atom stereocenters. The maximum atomic E-state index is 13.0. The number of carbonyl (C=O) groups is 1. The fourth-order valence-electron chi connectivity index (χ4n) is 4.13. The molecule has 1 aliphatic rings. The van der Waals surface area contributed by atoms with Crippen molar-refractivity contribution in [2.75, 3.05) is 13.2 Å². The number of ether oxygens (including phenoxy) is 1. The van der Waals surface area contributed by atoms with Crippen LogP contribution in [0.15, 0.2) is 52.5 Å². The van der Waals surface area contributed by atoms with Crippen molar-refractivity contribution in [1.29, 1.82) is 0 Å². The van der Waals surface area contributed by atoms with Crippen LogP contribution in [0, 0.1) is 12.8 Å². The number of nitrogens with zero attached hydrogens (tertiary/aromatic N) is 2. The molecule has 1 N–H and O–H groups in total. The van der Waals surface area contributed by atoms with E-state index in [4.69, 9.17) is 9.15 Å². The molecule has 1 aromatic carbocycles. The second-order valence-corrected chi connectivity index (χ2v) is 9.25. The maximum absolute atomic E-state index is 13.0. The summed E-state index contributed by atoms with van der Waals surface area (Å²) in [5.74, 6) is 0.836. The standard InChI is InChI=1S/C25H25N3O3S/c1-15-13-30-9-7-21(15)27-24(29)22-12-19(20-8-10-32-25(20)28-22)11-17-3-5-18(6-4-17)23-14-31-16(2)26-23/h3-6,8,10,12,14-15,21H,7,9,11,13H2,1-2H3,(H,27,29). The van der Waals surface area contributed by atoms with Crippen LogP contribution in [0.1, 0.15) is 40.9 Å². The van der Waals surface area contributed by atoms with Crippen LogP contribution < -0.4 is 5.32 Å². The number of carbonyl (C=O) groups excluding carboxylic acids is 1. The van der Waals surface area contributed by atoms with Gasteiger partial charge < -0.3 is 14.5 Å². The van der Waals surface area contributed by atoms with E-state index in [1.807, 2.05) is 18.4 Å². The van der Waals surface area contributed by atoms with E-state index in [2.05, 4.69) is 52.5 Å². The largest absolute Gasteiger partial charge is 0.449 e. The third-order valence-electron chi connectivity index (χ3n) is 5.98. The molecule has 1 amide bonds. The first-order valence-electron chi connectivity index (χ1n) is 10.8. The maximum Gasteiger partial charge on any atom is 0.270 e. The van der Waals surface area contributed by atoms with Gasteiger partial charge in [-0.05, 0) is 47.4 Å². The van der Waals surface area contributed by atoms with Gasteiger partial charge in [-0.15, -0.1) is 11.3 Å². The van der Waals surface area contributed by atoms with E-state index in [0.29, 0.717) is 30.7 Å². The molecule has 5 rings (SSSR count). The highest BCUT2D eigenvalue weighted by Gasteiger charge is 2.25. The molecule has 0 bridgehead atoms. The molecule has 2 atom stereocenters. The minimum atomic E-state index is -0.114. The Balaban J connectivity index is 1.39. The first-order chi connectivity index (χ1) is 15.6. The Kier molecular flexibility index (Phi) is 5.76. The highest BCUT2D eigenvalue weighted by atomic mass is 32.1. The number of benzene rings is 1. The average Bonchev–Trinajstić information content (AvgIpc) is 3.45. The summed E-state index contributed by atoms with van der Waals surface area (Å²) in [7, 11) is 0. The third kappa shape index (κ3) is 4.31. The Labute approximate surface area is 190 Å². The molecular formula is C25H25N3O3S. The smallest absolute Gasteiger partial charge is 0.270 e. The van der Waals surface area contributed by atoms with E-state index < -0.39 is 0 Å². The van der Waals surface area contributed by atoms with Gasteiger partial charge in [-0.1, -0.05) is 31.2 Å². The number of rotatable bonds is 5. The lowest BCUT2D eigenvalue weighted by Crippen LogP contribution is -2.44. The lowest BCUT2D eigenvalue weighted by atomic mass is 9.97. The predicted octanol–water partition coefficient (Wildman–Crippen LogP) is 5.01. The zero-order chi connectivity index (χ0) is 22.1. The number of hydrogen-bond donors (Lipinski definition) is 1. The molecule has 0 aliphatic carbocycles. The number of aromatic nitrogens is 2. The topological polar surface area (TPSA) is 77.2 Å². The van der Waals surface area contributed by atoms with Gasteiger partial charge in [0.1, 0.15) is 22.5 Å². The van der Waals surface area contributed by atoms with Crippen molar-refractivity contribution in [1.82, 2.24) is 15.3 Å². The molecule has 1 saturated heterocycles. The van der Waals surface area contributed by atoms with Crippen LogP contribution in [0.5, 0.6) is 0 Å². The van der Waals surface area contributed by atoms with Crippen LogP contribution in [0.4, 0.5) is 0 Å². The Morgan fingerprint density at radius 3 is 2.81 bits per heavy atom. The normalized spacial score (nSPS) is 18.7. The van der Waals surface area contributed by atoms with E-state index >= 15 is 0 Å². The lowest BCUT2D eigenvalue weighted by molar-refractivity contribution is 0.0374. The van der Waals surface area contributed by atoms with Gasteiger partial charge in [-0.25, -0.2) is 9.97 Å². The zero-order valence-corrected chi connectivity index (χ0v) is 18.9. The molecule has 0 spiro atoms. The number of hydrogen-bond acceptors (Lipinski definition) is 6. The highest BCUT2D eigenvalue weighted by Crippen LogP contribution is 2.27. The van der Waals surface area contributed by atoms with Crippen LogP contribution in [0.2, 0.25) is 0 Å². The first kappa shape index (κ1) is 20.8. The molecule has 1 aliphatic heterocycles. The van der Waals surface area contributed by atoms with E-state index in [9.17, 15) is 4.79 Å². The van der Waals surface area contributed by atoms with Crippen molar-refractivity contribution < 1.29 is 13.9 Å². The van der Waals surface area contributed by atoms with E-state index in [-0.39, 0.29) is 11.9 Å². The van der Waals surface area contributed by atoms with Gasteiger partial charge in [0, 0.05) is 30.5 Å².